The monoisotopic (exact) mass is 140 g/mol. The summed E-state index contributed by atoms with van der Waals surface area (Å²) < 4.78 is 1.70. The lowest BCUT2D eigenvalue weighted by molar-refractivity contribution is -0.672. The third-order valence-corrected chi connectivity index (χ3v) is 0.881. The van der Waals surface area contributed by atoms with E-state index < -0.39 is 0 Å². The molecule has 0 radical (unpaired) electrons. The van der Waals surface area contributed by atoms with Gasteiger partial charge in [0.05, 0.1) is 12.1 Å². The maximum atomic E-state index is 10.4. The van der Waals surface area contributed by atoms with Gasteiger partial charge in [-0.05, 0) is 6.92 Å². The van der Waals surface area contributed by atoms with E-state index in [9.17, 15) is 5.11 Å². The number of hydrogen-bond acceptors (Lipinski definition) is 3. The Balaban J connectivity index is 2.86. The summed E-state index contributed by atoms with van der Waals surface area (Å²) in [5.74, 6) is -0.260. The standard InChI is InChI=1S/C5H8N4O/c1-5(10)7-9-4-8(2)3-6-9/h3-4H,1-2H3. The molecule has 0 saturated heterocycles. The number of aryl methyl sites for hydroxylation is 1. The van der Waals surface area contributed by atoms with Crippen LogP contribution in [0, 0.1) is 0 Å². The predicted molar refractivity (Wildman–Crippen MR) is 31.9 cm³/mol. The first-order valence-electron chi connectivity index (χ1n) is 2.81. The molecular weight excluding hydrogens is 132 g/mol. The molecule has 0 aliphatic heterocycles. The molecule has 0 aliphatic carbocycles. The Morgan fingerprint density at radius 2 is 2.50 bits per heavy atom. The number of aromatic nitrogens is 3. The summed E-state index contributed by atoms with van der Waals surface area (Å²) in [6, 6.07) is 0. The van der Waals surface area contributed by atoms with E-state index in [1.807, 2.05) is 0 Å². The van der Waals surface area contributed by atoms with Gasteiger partial charge in [-0.25, -0.2) is 4.57 Å². The number of hydrogen-bond donors (Lipinski definition) is 0. The molecule has 1 aromatic rings. The van der Waals surface area contributed by atoms with Crippen molar-refractivity contribution in [2.75, 3.05) is 0 Å². The van der Waals surface area contributed by atoms with Gasteiger partial charge in [-0.1, -0.05) is 5.10 Å². The average Bonchev–Trinajstić information content (AvgIpc) is 2.13. The van der Waals surface area contributed by atoms with Crippen molar-refractivity contribution in [3.8, 4) is 0 Å². The van der Waals surface area contributed by atoms with Crippen molar-refractivity contribution in [1.29, 1.82) is 0 Å². The van der Waals surface area contributed by atoms with Gasteiger partial charge in [0.1, 0.15) is 0 Å². The summed E-state index contributed by atoms with van der Waals surface area (Å²) in [4.78, 5) is 1.22. The molecule has 0 aliphatic rings. The highest BCUT2D eigenvalue weighted by molar-refractivity contribution is 5.67. The minimum Gasteiger partial charge on any atom is -0.860 e. The molecule has 0 bridgehead atoms. The summed E-state index contributed by atoms with van der Waals surface area (Å²) in [6.45, 7) is 1.38. The van der Waals surface area contributed by atoms with Gasteiger partial charge >= 0.3 is 0 Å². The molecular formula is C5H8N4O. The molecule has 0 aromatic carbocycles. The van der Waals surface area contributed by atoms with Gasteiger partial charge < -0.3 is 5.11 Å². The summed E-state index contributed by atoms with van der Waals surface area (Å²) in [6.07, 6.45) is 3.16. The van der Waals surface area contributed by atoms with Crippen LogP contribution in [-0.2, 0) is 7.05 Å². The van der Waals surface area contributed by atoms with Gasteiger partial charge in [-0.15, -0.1) is 0 Å². The average molecular weight is 140 g/mol. The lowest BCUT2D eigenvalue weighted by Gasteiger charge is -1.94. The van der Waals surface area contributed by atoms with Crippen LogP contribution in [0.3, 0.4) is 0 Å². The topological polar surface area (TPSA) is 57.1 Å². The second kappa shape index (κ2) is 2.47. The lowest BCUT2D eigenvalue weighted by atomic mass is 10.8. The minimum atomic E-state index is -0.260. The molecule has 5 heteroatoms. The van der Waals surface area contributed by atoms with Crippen molar-refractivity contribution >= 4 is 5.90 Å². The molecule has 0 saturated carbocycles. The van der Waals surface area contributed by atoms with Crippen LogP contribution in [0.2, 0.25) is 0 Å². The van der Waals surface area contributed by atoms with E-state index in [-0.39, 0.29) is 5.90 Å². The lowest BCUT2D eigenvalue weighted by Crippen LogP contribution is -2.23. The van der Waals surface area contributed by atoms with Gasteiger partial charge in [0, 0.05) is 10.7 Å². The molecule has 1 aromatic heterocycles. The molecule has 0 atom stereocenters. The van der Waals surface area contributed by atoms with Crippen LogP contribution < -0.4 is 9.67 Å². The van der Waals surface area contributed by atoms with Crippen molar-refractivity contribution < 1.29 is 9.67 Å². The van der Waals surface area contributed by atoms with Crippen LogP contribution in [0.5, 0.6) is 0 Å². The first-order valence-corrected chi connectivity index (χ1v) is 2.81. The molecule has 0 N–H and O–H groups in total. The van der Waals surface area contributed by atoms with Crippen molar-refractivity contribution in [1.82, 2.24) is 9.89 Å². The normalized spacial score (nSPS) is 12.0. The highest BCUT2D eigenvalue weighted by atomic mass is 16.3. The zero-order valence-corrected chi connectivity index (χ0v) is 5.85. The molecule has 54 valence electrons. The second-order valence-corrected chi connectivity index (χ2v) is 1.95. The minimum absolute atomic E-state index is 0.260. The van der Waals surface area contributed by atoms with Gasteiger partial charge in [0.15, 0.2) is 0 Å². The maximum absolute atomic E-state index is 10.4. The summed E-state index contributed by atoms with van der Waals surface area (Å²) >= 11 is 0. The van der Waals surface area contributed by atoms with Crippen LogP contribution >= 0.6 is 0 Å². The third kappa shape index (κ3) is 1.54. The van der Waals surface area contributed by atoms with E-state index in [1.165, 1.54) is 11.7 Å². The molecule has 1 heterocycles. The van der Waals surface area contributed by atoms with E-state index in [0.29, 0.717) is 0 Å². The Labute approximate surface area is 58.2 Å². The molecule has 0 spiro atoms. The summed E-state index contributed by atoms with van der Waals surface area (Å²) in [5, 5.41) is 17.7. The predicted octanol–water partition coefficient (Wildman–Crippen LogP) is -1.75. The number of rotatable bonds is 1. The zero-order valence-electron chi connectivity index (χ0n) is 5.85. The van der Waals surface area contributed by atoms with Crippen LogP contribution in [0.1, 0.15) is 6.92 Å². The molecule has 5 nitrogen and oxygen atoms in total. The van der Waals surface area contributed by atoms with Crippen LogP contribution in [0.25, 0.3) is 0 Å². The Kier molecular flexibility index (Phi) is 1.66. The van der Waals surface area contributed by atoms with Crippen LogP contribution in [0.15, 0.2) is 17.8 Å². The molecule has 10 heavy (non-hydrogen) atoms. The van der Waals surface area contributed by atoms with Crippen LogP contribution in [-0.4, -0.2) is 15.8 Å². The Bertz CT molecular complexity index is 248. The highest BCUT2D eigenvalue weighted by Gasteiger charge is 1.96. The number of nitrogens with zero attached hydrogens (tertiary/aromatic N) is 4. The summed E-state index contributed by atoms with van der Waals surface area (Å²) in [5.41, 5.74) is 0. The fourth-order valence-electron chi connectivity index (χ4n) is 0.553. The zero-order chi connectivity index (χ0) is 7.56. The van der Waals surface area contributed by atoms with Gasteiger partial charge in [0.25, 0.3) is 12.7 Å². The van der Waals surface area contributed by atoms with Crippen molar-refractivity contribution in [2.45, 2.75) is 6.92 Å². The Hall–Kier alpha value is -1.39. The van der Waals surface area contributed by atoms with Gasteiger partial charge in [-0.3, -0.25) is 0 Å². The molecule has 0 unspecified atom stereocenters. The Morgan fingerprint density at radius 1 is 1.80 bits per heavy atom. The first-order chi connectivity index (χ1) is 4.68. The first kappa shape index (κ1) is 6.73. The smallest absolute Gasteiger partial charge is 0.267 e. The summed E-state index contributed by atoms with van der Waals surface area (Å²) in [7, 11) is 1.80. The van der Waals surface area contributed by atoms with Crippen molar-refractivity contribution in [3.63, 3.8) is 0 Å². The highest BCUT2D eigenvalue weighted by Crippen LogP contribution is 1.74. The Morgan fingerprint density at radius 3 is 2.90 bits per heavy atom. The van der Waals surface area contributed by atoms with Crippen LogP contribution in [0.4, 0.5) is 0 Å². The van der Waals surface area contributed by atoms with E-state index >= 15 is 0 Å². The van der Waals surface area contributed by atoms with Crippen molar-refractivity contribution in [2.24, 2.45) is 12.1 Å². The third-order valence-electron chi connectivity index (χ3n) is 0.881. The fraction of sp³-hybridized carbons (Fsp3) is 0.400. The SMILES string of the molecule is C/C([O-])=N/n1c[n+](C)cn1. The van der Waals surface area contributed by atoms with Gasteiger partial charge in [-0.2, -0.15) is 0 Å². The van der Waals surface area contributed by atoms with Crippen molar-refractivity contribution in [3.05, 3.63) is 12.7 Å². The molecule has 1 rings (SSSR count). The second-order valence-electron chi connectivity index (χ2n) is 1.95. The molecule has 0 amide bonds. The largest absolute Gasteiger partial charge is 0.860 e. The quantitative estimate of drug-likeness (QED) is 0.264. The maximum Gasteiger partial charge on any atom is 0.267 e. The van der Waals surface area contributed by atoms with Gasteiger partial charge in [0.2, 0.25) is 0 Å². The fourth-order valence-corrected chi connectivity index (χ4v) is 0.553. The van der Waals surface area contributed by atoms with E-state index in [0.717, 1.165) is 0 Å². The van der Waals surface area contributed by atoms with E-state index in [2.05, 4.69) is 10.2 Å². The van der Waals surface area contributed by atoms with E-state index in [4.69, 9.17) is 0 Å². The van der Waals surface area contributed by atoms with E-state index in [1.54, 1.807) is 24.3 Å². The molecule has 0 fully saturated rings.